The lowest BCUT2D eigenvalue weighted by molar-refractivity contribution is -0.127. The van der Waals surface area contributed by atoms with E-state index in [0.29, 0.717) is 0 Å². The monoisotopic (exact) mass is 451 g/mol. The Bertz CT molecular complexity index is 849. The molecule has 1 unspecified atom stereocenters. The van der Waals surface area contributed by atoms with E-state index in [0.717, 1.165) is 4.31 Å². The van der Waals surface area contributed by atoms with Gasteiger partial charge in [-0.1, -0.05) is 23.2 Å². The van der Waals surface area contributed by atoms with E-state index < -0.39 is 28.1 Å². The zero-order chi connectivity index (χ0) is 21.1. The van der Waals surface area contributed by atoms with Crippen LogP contribution in [-0.4, -0.2) is 67.9 Å². The quantitative estimate of drug-likeness (QED) is 0.590. The van der Waals surface area contributed by atoms with Gasteiger partial charge >= 0.3 is 6.03 Å². The molecule has 1 aromatic rings. The minimum absolute atomic E-state index is 0.0468. The molecule has 0 spiro atoms. The van der Waals surface area contributed by atoms with E-state index in [1.54, 1.807) is 13.8 Å². The zero-order valence-electron chi connectivity index (χ0n) is 15.5. The van der Waals surface area contributed by atoms with Crippen molar-refractivity contribution in [2.45, 2.75) is 31.0 Å². The van der Waals surface area contributed by atoms with Crippen molar-refractivity contribution >= 4 is 45.2 Å². The van der Waals surface area contributed by atoms with Crippen LogP contribution in [0.15, 0.2) is 23.1 Å². The molecule has 1 fully saturated rings. The van der Waals surface area contributed by atoms with Crippen molar-refractivity contribution in [3.05, 3.63) is 28.2 Å². The molecule has 1 heterocycles. The molecule has 0 radical (unpaired) electrons. The summed E-state index contributed by atoms with van der Waals surface area (Å²) in [4.78, 5) is 26.2. The molecule has 4 N–H and O–H groups in total. The fourth-order valence-corrected chi connectivity index (χ4v) is 4.67. The van der Waals surface area contributed by atoms with Gasteiger partial charge in [0.1, 0.15) is 0 Å². The third kappa shape index (κ3) is 4.87. The van der Waals surface area contributed by atoms with Crippen molar-refractivity contribution in [1.82, 2.24) is 19.8 Å². The van der Waals surface area contributed by atoms with Gasteiger partial charge in [0, 0.05) is 32.2 Å². The normalized spacial score (nSPS) is 17.8. The van der Waals surface area contributed by atoms with Crippen LogP contribution in [0.3, 0.4) is 0 Å². The van der Waals surface area contributed by atoms with Crippen molar-refractivity contribution in [2.24, 2.45) is 5.73 Å². The van der Waals surface area contributed by atoms with Gasteiger partial charge in [-0.05, 0) is 32.0 Å². The smallest absolute Gasteiger partial charge is 0.319 e. The van der Waals surface area contributed by atoms with E-state index in [1.807, 2.05) is 0 Å². The number of benzene rings is 1. The van der Waals surface area contributed by atoms with E-state index in [-0.39, 0.29) is 47.2 Å². The second kappa shape index (κ2) is 9.27. The Hall–Kier alpha value is -1.59. The number of nitrogens with two attached hydrogens (primary N) is 1. The Morgan fingerprint density at radius 3 is 2.50 bits per heavy atom. The molecule has 0 bridgehead atoms. The number of sulfonamides is 1. The molecule has 0 aromatic heterocycles. The molecule has 1 aliphatic rings. The third-order valence-corrected chi connectivity index (χ3v) is 6.57. The molecule has 2 rings (SSSR count). The van der Waals surface area contributed by atoms with Crippen LogP contribution in [-0.2, 0) is 14.8 Å². The Morgan fingerprint density at radius 1 is 1.25 bits per heavy atom. The highest BCUT2D eigenvalue weighted by Gasteiger charge is 2.46. The van der Waals surface area contributed by atoms with Crippen LogP contribution < -0.4 is 16.4 Å². The Morgan fingerprint density at radius 2 is 1.93 bits per heavy atom. The number of nitrogens with one attached hydrogen (secondary N) is 2. The Kier molecular flexibility index (Phi) is 7.52. The molecule has 1 atom stereocenters. The lowest BCUT2D eigenvalue weighted by Crippen LogP contribution is -2.56. The van der Waals surface area contributed by atoms with Gasteiger partial charge in [-0.25, -0.2) is 13.2 Å². The number of hydrogen-bond donors (Lipinski definition) is 3. The molecule has 1 saturated heterocycles. The van der Waals surface area contributed by atoms with Crippen molar-refractivity contribution in [1.29, 1.82) is 0 Å². The van der Waals surface area contributed by atoms with Gasteiger partial charge < -0.3 is 16.4 Å². The van der Waals surface area contributed by atoms with Gasteiger partial charge in [0.15, 0.2) is 6.17 Å². The highest BCUT2D eigenvalue weighted by Crippen LogP contribution is 2.29. The summed E-state index contributed by atoms with van der Waals surface area (Å²) < 4.78 is 27.2. The fraction of sp³-hybridized carbons (Fsp3) is 0.500. The maximum absolute atomic E-state index is 13.1. The average molecular weight is 452 g/mol. The highest BCUT2D eigenvalue weighted by molar-refractivity contribution is 7.89. The number of amides is 3. The lowest BCUT2D eigenvalue weighted by Gasteiger charge is -2.29. The van der Waals surface area contributed by atoms with Crippen molar-refractivity contribution < 1.29 is 18.0 Å². The number of halogens is 2. The van der Waals surface area contributed by atoms with Gasteiger partial charge in [-0.2, -0.15) is 4.31 Å². The maximum Gasteiger partial charge on any atom is 0.319 e. The van der Waals surface area contributed by atoms with Gasteiger partial charge in [-0.15, -0.1) is 0 Å². The first kappa shape index (κ1) is 22.7. The van der Waals surface area contributed by atoms with E-state index in [2.05, 4.69) is 10.6 Å². The molecule has 12 heteroatoms. The van der Waals surface area contributed by atoms with Crippen molar-refractivity contribution in [3.63, 3.8) is 0 Å². The first-order chi connectivity index (χ1) is 13.1. The van der Waals surface area contributed by atoms with Crippen LogP contribution in [0.5, 0.6) is 0 Å². The Labute approximate surface area is 174 Å². The van der Waals surface area contributed by atoms with Gasteiger partial charge in [0.05, 0.1) is 14.9 Å². The summed E-state index contributed by atoms with van der Waals surface area (Å²) >= 11 is 11.8. The number of nitrogens with zero attached hydrogens (tertiary/aromatic N) is 2. The minimum Gasteiger partial charge on any atom is -0.352 e. The summed E-state index contributed by atoms with van der Waals surface area (Å²) in [7, 11) is -4.12. The largest absolute Gasteiger partial charge is 0.352 e. The van der Waals surface area contributed by atoms with E-state index >= 15 is 0 Å². The maximum atomic E-state index is 13.1. The first-order valence-corrected chi connectivity index (χ1v) is 10.8. The van der Waals surface area contributed by atoms with Gasteiger partial charge in [0.2, 0.25) is 10.0 Å². The van der Waals surface area contributed by atoms with Crippen LogP contribution in [0.25, 0.3) is 0 Å². The van der Waals surface area contributed by atoms with E-state index in [9.17, 15) is 18.0 Å². The molecular weight excluding hydrogens is 429 g/mol. The van der Waals surface area contributed by atoms with Gasteiger partial charge in [-0.3, -0.25) is 9.69 Å². The van der Waals surface area contributed by atoms with Crippen LogP contribution in [0.2, 0.25) is 10.0 Å². The minimum atomic E-state index is -4.12. The standard InChI is InChI=1S/C16H23Cl2N5O4S/c1-10(2)21-16(25)22-7-8-23(15(22)14(24)20-6-5-19)28(26,27)11-3-4-12(17)13(18)9-11/h3-4,9-10,15H,5-8,19H2,1-2H3,(H,20,24)(H,21,25). The topological polar surface area (TPSA) is 125 Å². The number of rotatable bonds is 6. The summed E-state index contributed by atoms with van der Waals surface area (Å²) in [5, 5.41) is 5.50. The predicted octanol–water partition coefficient (Wildman–Crippen LogP) is 0.819. The summed E-state index contributed by atoms with van der Waals surface area (Å²) in [6, 6.07) is 3.16. The fourth-order valence-electron chi connectivity index (χ4n) is 2.73. The molecule has 1 aliphatic heterocycles. The average Bonchev–Trinajstić information content (AvgIpc) is 3.07. The first-order valence-electron chi connectivity index (χ1n) is 8.61. The third-order valence-electron chi connectivity index (χ3n) is 3.98. The summed E-state index contributed by atoms with van der Waals surface area (Å²) in [6.07, 6.45) is -1.34. The summed E-state index contributed by atoms with van der Waals surface area (Å²) in [5.41, 5.74) is 5.41. The zero-order valence-corrected chi connectivity index (χ0v) is 17.8. The second-order valence-electron chi connectivity index (χ2n) is 6.44. The van der Waals surface area contributed by atoms with Crippen molar-refractivity contribution in [2.75, 3.05) is 26.2 Å². The SMILES string of the molecule is CC(C)NC(=O)N1CCN(S(=O)(=O)c2ccc(Cl)c(Cl)c2)C1C(=O)NCCN. The molecule has 0 aliphatic carbocycles. The number of hydrogen-bond acceptors (Lipinski definition) is 5. The van der Waals surface area contributed by atoms with Crippen LogP contribution in [0.1, 0.15) is 13.8 Å². The number of carbonyl (C=O) groups is 2. The van der Waals surface area contributed by atoms with E-state index in [1.165, 1.54) is 23.1 Å². The molecular formula is C16H23Cl2N5O4S. The Balaban J connectivity index is 2.40. The predicted molar refractivity (Wildman–Crippen MR) is 107 cm³/mol. The lowest BCUT2D eigenvalue weighted by atomic mass is 10.4. The number of carbonyl (C=O) groups excluding carboxylic acids is 2. The molecule has 156 valence electrons. The van der Waals surface area contributed by atoms with Gasteiger partial charge in [0.25, 0.3) is 5.91 Å². The van der Waals surface area contributed by atoms with Crippen molar-refractivity contribution in [3.8, 4) is 0 Å². The summed E-state index contributed by atoms with van der Waals surface area (Å²) in [6.45, 7) is 3.86. The highest BCUT2D eigenvalue weighted by atomic mass is 35.5. The summed E-state index contributed by atoms with van der Waals surface area (Å²) in [5.74, 6) is -0.634. The molecule has 0 saturated carbocycles. The van der Waals surface area contributed by atoms with Crippen LogP contribution in [0.4, 0.5) is 4.79 Å². The number of urea groups is 1. The molecule has 3 amide bonds. The second-order valence-corrected chi connectivity index (χ2v) is 9.15. The van der Waals surface area contributed by atoms with E-state index in [4.69, 9.17) is 28.9 Å². The molecule has 1 aromatic carbocycles. The molecule has 28 heavy (non-hydrogen) atoms. The van der Waals surface area contributed by atoms with Crippen LogP contribution in [0, 0.1) is 0 Å². The molecule has 9 nitrogen and oxygen atoms in total. The van der Waals surface area contributed by atoms with Crippen LogP contribution >= 0.6 is 23.2 Å².